The Labute approximate surface area is 133 Å². The van der Waals surface area contributed by atoms with Gasteiger partial charge in [0, 0.05) is 12.2 Å². The van der Waals surface area contributed by atoms with Gasteiger partial charge in [0.25, 0.3) is 5.56 Å². The Hall–Kier alpha value is -2.88. The zero-order chi connectivity index (χ0) is 16.0. The maximum Gasteiger partial charge on any atom is 0.261 e. The van der Waals surface area contributed by atoms with Crippen LogP contribution in [-0.2, 0) is 6.54 Å². The molecule has 2 heterocycles. The van der Waals surface area contributed by atoms with Crippen LogP contribution in [0, 0.1) is 6.92 Å². The van der Waals surface area contributed by atoms with Crippen LogP contribution in [-0.4, -0.2) is 9.55 Å². The van der Waals surface area contributed by atoms with E-state index in [4.69, 9.17) is 10.7 Å². The van der Waals surface area contributed by atoms with E-state index in [1.54, 1.807) is 16.7 Å². The van der Waals surface area contributed by atoms with Gasteiger partial charge in [-0.15, -0.1) is 0 Å². The van der Waals surface area contributed by atoms with E-state index in [0.717, 1.165) is 23.4 Å². The van der Waals surface area contributed by atoms with Gasteiger partial charge < -0.3 is 5.73 Å². The number of hydrogen-bond donors (Lipinski definition) is 1. The Balaban J connectivity index is 1.88. The number of nitrogens with zero attached hydrogens (tertiary/aromatic N) is 2. The summed E-state index contributed by atoms with van der Waals surface area (Å²) in [6, 6.07) is 13.7. The van der Waals surface area contributed by atoms with Crippen LogP contribution in [0.2, 0.25) is 0 Å². The number of aromatic nitrogens is 2. The fraction of sp³-hybridized carbons (Fsp3) is 0.158. The molecule has 2 N–H and O–H groups in total. The van der Waals surface area contributed by atoms with Crippen molar-refractivity contribution in [1.82, 2.24) is 9.55 Å². The van der Waals surface area contributed by atoms with E-state index in [0.29, 0.717) is 23.1 Å². The molecule has 0 saturated carbocycles. The van der Waals surface area contributed by atoms with Crippen LogP contribution in [0.25, 0.3) is 22.6 Å². The van der Waals surface area contributed by atoms with Crippen LogP contribution in [0.15, 0.2) is 47.3 Å². The van der Waals surface area contributed by atoms with Gasteiger partial charge in [-0.25, -0.2) is 4.98 Å². The van der Waals surface area contributed by atoms with Gasteiger partial charge in [-0.05, 0) is 48.8 Å². The molecule has 0 unspecified atom stereocenters. The molecule has 0 bridgehead atoms. The first-order chi connectivity index (χ1) is 11.1. The topological polar surface area (TPSA) is 60.9 Å². The molecule has 4 rings (SSSR count). The fourth-order valence-electron chi connectivity index (χ4n) is 3.04. The Bertz CT molecular complexity index is 998. The van der Waals surface area contributed by atoms with E-state index in [9.17, 15) is 4.79 Å². The molecule has 0 radical (unpaired) electrons. The monoisotopic (exact) mass is 303 g/mol. The summed E-state index contributed by atoms with van der Waals surface area (Å²) < 4.78 is 1.75. The van der Waals surface area contributed by atoms with Gasteiger partial charge in [0.2, 0.25) is 0 Å². The number of benzene rings is 2. The number of aryl methyl sites for hydroxylation is 1. The van der Waals surface area contributed by atoms with Gasteiger partial charge in [0.05, 0.1) is 10.9 Å². The molecule has 0 saturated heterocycles. The quantitative estimate of drug-likeness (QED) is 0.702. The van der Waals surface area contributed by atoms with E-state index in [2.05, 4.69) is 37.3 Å². The molecule has 0 fully saturated rings. The van der Waals surface area contributed by atoms with E-state index < -0.39 is 0 Å². The van der Waals surface area contributed by atoms with Crippen molar-refractivity contribution in [3.05, 3.63) is 69.8 Å². The van der Waals surface area contributed by atoms with Crippen LogP contribution >= 0.6 is 0 Å². The third-order valence-corrected chi connectivity index (χ3v) is 4.29. The van der Waals surface area contributed by atoms with Crippen molar-refractivity contribution in [3.8, 4) is 0 Å². The second-order valence-corrected chi connectivity index (χ2v) is 6.00. The van der Waals surface area contributed by atoms with Gasteiger partial charge in [0.15, 0.2) is 0 Å². The van der Waals surface area contributed by atoms with Crippen molar-refractivity contribution in [1.29, 1.82) is 0 Å². The number of anilines is 1. The standard InChI is InChI=1S/C19H17N3O/c1-12-2-4-13(5-3-12)10-14-8-9-22-18(14)21-17-7-6-15(20)11-16(17)19(22)23/h2-7,10-11H,8-9,20H2,1H3. The lowest BCUT2D eigenvalue weighted by atomic mass is 10.1. The van der Waals surface area contributed by atoms with Crippen molar-refractivity contribution in [3.63, 3.8) is 0 Å². The largest absolute Gasteiger partial charge is 0.399 e. The minimum atomic E-state index is -0.00962. The molecule has 1 aromatic heterocycles. The summed E-state index contributed by atoms with van der Waals surface area (Å²) in [5, 5.41) is 0.588. The lowest BCUT2D eigenvalue weighted by Crippen LogP contribution is -2.20. The second-order valence-electron chi connectivity index (χ2n) is 6.00. The molecule has 0 amide bonds. The first-order valence-corrected chi connectivity index (χ1v) is 7.69. The zero-order valence-electron chi connectivity index (χ0n) is 12.9. The molecule has 1 aliphatic rings. The molecular formula is C19H17N3O. The van der Waals surface area contributed by atoms with E-state index in [1.165, 1.54) is 5.56 Å². The van der Waals surface area contributed by atoms with Crippen LogP contribution in [0.5, 0.6) is 0 Å². The first kappa shape index (κ1) is 13.8. The fourth-order valence-corrected chi connectivity index (χ4v) is 3.04. The smallest absolute Gasteiger partial charge is 0.261 e. The number of rotatable bonds is 1. The van der Waals surface area contributed by atoms with Gasteiger partial charge in [-0.3, -0.25) is 9.36 Å². The Kier molecular flexibility index (Phi) is 3.05. The summed E-state index contributed by atoms with van der Waals surface area (Å²) in [5.41, 5.74) is 10.5. The van der Waals surface area contributed by atoms with Crippen LogP contribution < -0.4 is 11.3 Å². The third-order valence-electron chi connectivity index (χ3n) is 4.29. The van der Waals surface area contributed by atoms with Crippen molar-refractivity contribution < 1.29 is 0 Å². The molecule has 1 aliphatic heterocycles. The highest BCUT2D eigenvalue weighted by atomic mass is 16.1. The van der Waals surface area contributed by atoms with E-state index >= 15 is 0 Å². The molecule has 114 valence electrons. The van der Waals surface area contributed by atoms with Gasteiger partial charge in [-0.1, -0.05) is 29.8 Å². The van der Waals surface area contributed by atoms with Crippen molar-refractivity contribution in [2.24, 2.45) is 0 Å². The maximum atomic E-state index is 12.7. The third kappa shape index (κ3) is 2.32. The van der Waals surface area contributed by atoms with Gasteiger partial charge in [0.1, 0.15) is 5.82 Å². The zero-order valence-corrected chi connectivity index (χ0v) is 12.9. The minimum Gasteiger partial charge on any atom is -0.399 e. The Morgan fingerprint density at radius 2 is 1.96 bits per heavy atom. The first-order valence-electron chi connectivity index (χ1n) is 7.69. The molecule has 23 heavy (non-hydrogen) atoms. The normalized spacial score (nSPS) is 15.3. The van der Waals surface area contributed by atoms with E-state index in [-0.39, 0.29) is 5.56 Å². The molecular weight excluding hydrogens is 286 g/mol. The molecule has 0 spiro atoms. The summed E-state index contributed by atoms with van der Waals surface area (Å²) in [7, 11) is 0. The Morgan fingerprint density at radius 3 is 2.74 bits per heavy atom. The summed E-state index contributed by atoms with van der Waals surface area (Å²) >= 11 is 0. The molecule has 0 aliphatic carbocycles. The van der Waals surface area contributed by atoms with E-state index in [1.807, 2.05) is 6.07 Å². The molecule has 4 nitrogen and oxygen atoms in total. The maximum absolute atomic E-state index is 12.7. The van der Waals surface area contributed by atoms with Crippen LogP contribution in [0.4, 0.5) is 5.69 Å². The average molecular weight is 303 g/mol. The van der Waals surface area contributed by atoms with Crippen molar-refractivity contribution >= 4 is 28.2 Å². The van der Waals surface area contributed by atoms with Gasteiger partial charge >= 0.3 is 0 Å². The lowest BCUT2D eigenvalue weighted by Gasteiger charge is -2.06. The highest BCUT2D eigenvalue weighted by Gasteiger charge is 2.20. The number of hydrogen-bond acceptors (Lipinski definition) is 3. The summed E-state index contributed by atoms with van der Waals surface area (Å²) in [5.74, 6) is 0.771. The minimum absolute atomic E-state index is 0.00962. The highest BCUT2D eigenvalue weighted by Crippen LogP contribution is 2.27. The van der Waals surface area contributed by atoms with Gasteiger partial charge in [-0.2, -0.15) is 0 Å². The average Bonchev–Trinajstić information content (AvgIpc) is 2.94. The number of fused-ring (bicyclic) bond motifs is 2. The number of nitrogens with two attached hydrogens (primary N) is 1. The SMILES string of the molecule is Cc1ccc(C=C2CCn3c2nc2ccc(N)cc2c3=O)cc1. The van der Waals surface area contributed by atoms with Crippen LogP contribution in [0.1, 0.15) is 23.4 Å². The molecule has 0 atom stereocenters. The summed E-state index contributed by atoms with van der Waals surface area (Å²) in [4.78, 5) is 17.3. The molecule has 4 heteroatoms. The van der Waals surface area contributed by atoms with Crippen molar-refractivity contribution in [2.45, 2.75) is 19.9 Å². The Morgan fingerprint density at radius 1 is 1.17 bits per heavy atom. The van der Waals surface area contributed by atoms with Crippen molar-refractivity contribution in [2.75, 3.05) is 5.73 Å². The molecule has 3 aromatic rings. The highest BCUT2D eigenvalue weighted by molar-refractivity contribution is 5.86. The number of allylic oxidation sites excluding steroid dienone is 1. The predicted octanol–water partition coefficient (Wildman–Crippen LogP) is 3.23. The molecule has 2 aromatic carbocycles. The second kappa shape index (κ2) is 5.09. The summed E-state index contributed by atoms with van der Waals surface area (Å²) in [6.45, 7) is 2.74. The van der Waals surface area contributed by atoms with Crippen LogP contribution in [0.3, 0.4) is 0 Å². The predicted molar refractivity (Wildman–Crippen MR) is 94.1 cm³/mol. The lowest BCUT2D eigenvalue weighted by molar-refractivity contribution is 0.725. The number of nitrogen functional groups attached to an aromatic ring is 1. The summed E-state index contributed by atoms with van der Waals surface area (Å²) in [6.07, 6.45) is 2.94.